The van der Waals surface area contributed by atoms with Crippen LogP contribution in [-0.2, 0) is 24.3 Å². The molecule has 10 aromatic heterocycles. The number of nitrogens with zero attached hydrogens (tertiary/aromatic N) is 10. The van der Waals surface area contributed by atoms with Gasteiger partial charge in [-0.2, -0.15) is 0 Å². The van der Waals surface area contributed by atoms with Crippen LogP contribution in [0.4, 0.5) is 0 Å². The minimum atomic E-state index is -2.86. The van der Waals surface area contributed by atoms with Gasteiger partial charge in [0, 0.05) is 81.1 Å². The molecule has 16 heteroatoms. The number of rotatable bonds is 2. The topological polar surface area (TPSA) is 105 Å². The van der Waals surface area contributed by atoms with E-state index in [9.17, 15) is 0 Å². The van der Waals surface area contributed by atoms with E-state index in [1.165, 1.54) is 196 Å². The van der Waals surface area contributed by atoms with Crippen molar-refractivity contribution < 1.29 is 8.85 Å². The van der Waals surface area contributed by atoms with Crippen molar-refractivity contribution in [2.75, 3.05) is 0 Å². The molecule has 27 rings (SSSR count). The predicted octanol–water partition coefficient (Wildman–Crippen LogP) is 23.2. The average molecular weight is 1630 g/mol. The Labute approximate surface area is 704 Å². The maximum atomic E-state index is 7.28. The molecule has 12 aromatic carbocycles. The van der Waals surface area contributed by atoms with Crippen LogP contribution in [0.1, 0.15) is 85.2 Å². The molecule has 120 heavy (non-hydrogen) atoms. The highest BCUT2D eigenvalue weighted by Crippen LogP contribution is 2.47. The molecule has 584 valence electrons. The SMILES string of the molecule is Cc1nc2c3ccccc3c3c(C)ccc4c3n2c1CCC4.Cc1nc2c3ccccc3c3c(C)ccc4c3n2c1CS4.Cc1nc2c3ccccc3c3c(C)ccc4c3n2c1O[Si]4(C)C.Cc1nc2c3ccccc3c3c(C)ccc4c3n2c1SC4.Cc1nc2c3ccccc3c3c(C)ccc4c3n2c1[Si](c1ccccc1)(c1ccccc1)O4. The van der Waals surface area contributed by atoms with Gasteiger partial charge in [-0.25, -0.2) is 24.9 Å². The van der Waals surface area contributed by atoms with Gasteiger partial charge in [-0.1, -0.05) is 231 Å². The molecule has 0 amide bonds. The number of imidazole rings is 5. The number of aromatic nitrogens is 10. The first-order valence-electron chi connectivity index (χ1n) is 41.8. The third-order valence-corrected chi connectivity index (χ3v) is 35.0. The summed E-state index contributed by atoms with van der Waals surface area (Å²) in [7, 11) is -4.84. The summed E-state index contributed by atoms with van der Waals surface area (Å²) < 4.78 is 25.6. The van der Waals surface area contributed by atoms with Gasteiger partial charge >= 0.3 is 8.32 Å². The molecule has 12 nitrogen and oxygen atoms in total. The van der Waals surface area contributed by atoms with Crippen LogP contribution in [0.2, 0.25) is 13.1 Å². The number of aryl methyl sites for hydroxylation is 12. The van der Waals surface area contributed by atoms with Crippen molar-refractivity contribution in [3.8, 4) is 11.6 Å². The molecule has 0 fully saturated rings. The maximum absolute atomic E-state index is 7.28. The summed E-state index contributed by atoms with van der Waals surface area (Å²) in [6.45, 7) is 26.2. The Morgan fingerprint density at radius 1 is 0.308 bits per heavy atom. The third-order valence-electron chi connectivity index (χ3n) is 26.3. The summed E-state index contributed by atoms with van der Waals surface area (Å²) in [4.78, 5) is 26.1. The summed E-state index contributed by atoms with van der Waals surface area (Å²) in [6.07, 6.45) is 3.48. The molecule has 0 N–H and O–H groups in total. The van der Waals surface area contributed by atoms with Gasteiger partial charge in [-0.05, 0) is 190 Å². The van der Waals surface area contributed by atoms with Crippen LogP contribution in [0.15, 0.2) is 253 Å². The molecule has 0 atom stereocenters. The van der Waals surface area contributed by atoms with Crippen LogP contribution in [-0.4, -0.2) is 63.6 Å². The maximum Gasteiger partial charge on any atom is 0.365 e. The van der Waals surface area contributed by atoms with E-state index < -0.39 is 16.6 Å². The molecular weight excluding hydrogens is 1540 g/mol. The summed E-state index contributed by atoms with van der Waals surface area (Å²) in [5.41, 5.74) is 29.6. The van der Waals surface area contributed by atoms with Crippen LogP contribution in [0, 0.1) is 69.2 Å². The largest absolute Gasteiger partial charge is 0.528 e. The highest BCUT2D eigenvalue weighted by molar-refractivity contribution is 7.99. The molecule has 0 aliphatic carbocycles. The van der Waals surface area contributed by atoms with Crippen molar-refractivity contribution >= 4 is 198 Å². The van der Waals surface area contributed by atoms with Gasteiger partial charge in [-0.15, -0.1) is 23.5 Å². The Balaban J connectivity index is 0.0000000886. The first-order chi connectivity index (χ1) is 58.4. The number of thioether (sulfide) groups is 2. The van der Waals surface area contributed by atoms with E-state index in [0.717, 1.165) is 92.5 Å². The van der Waals surface area contributed by atoms with E-state index in [1.807, 2.05) is 30.4 Å². The Hall–Kier alpha value is -12.6. The molecule has 22 aromatic rings. The lowest BCUT2D eigenvalue weighted by Crippen LogP contribution is -2.74. The fourth-order valence-corrected chi connectivity index (χ4v) is 29.4. The zero-order valence-corrected chi connectivity index (χ0v) is 72.9. The van der Waals surface area contributed by atoms with Crippen LogP contribution in [0.3, 0.4) is 0 Å². The third kappa shape index (κ3) is 10.3. The summed E-state index contributed by atoms with van der Waals surface area (Å²) >= 11 is 3.83. The van der Waals surface area contributed by atoms with E-state index in [0.29, 0.717) is 0 Å². The zero-order chi connectivity index (χ0) is 81.2. The summed E-state index contributed by atoms with van der Waals surface area (Å²) in [6, 6.07) is 87.2. The van der Waals surface area contributed by atoms with E-state index in [-0.39, 0.29) is 0 Å². The Kier molecular flexibility index (Phi) is 16.3. The first kappa shape index (κ1) is 72.6. The predicted molar refractivity (Wildman–Crippen MR) is 505 cm³/mol. The lowest BCUT2D eigenvalue weighted by atomic mass is 9.97. The van der Waals surface area contributed by atoms with Gasteiger partial charge in [-0.3, -0.25) is 22.0 Å². The van der Waals surface area contributed by atoms with Crippen LogP contribution >= 0.6 is 23.5 Å². The highest BCUT2D eigenvalue weighted by atomic mass is 32.2. The summed E-state index contributed by atoms with van der Waals surface area (Å²) in [5.74, 6) is 3.92. The van der Waals surface area contributed by atoms with E-state index >= 15 is 0 Å². The van der Waals surface area contributed by atoms with Crippen molar-refractivity contribution in [2.45, 2.75) is 123 Å². The second-order valence-electron chi connectivity index (χ2n) is 33.8. The molecule has 0 unspecified atom stereocenters. The van der Waals surface area contributed by atoms with Crippen molar-refractivity contribution in [1.29, 1.82) is 0 Å². The minimum absolute atomic E-state index is 0.936. The average Bonchev–Trinajstić information content (AvgIpc) is 1.42. The van der Waals surface area contributed by atoms with Crippen LogP contribution in [0.25, 0.3) is 137 Å². The molecule has 5 aliphatic rings. The molecule has 0 saturated carbocycles. The molecule has 0 saturated heterocycles. The van der Waals surface area contributed by atoms with Gasteiger partial charge < -0.3 is 8.85 Å². The molecule has 0 spiro atoms. The number of fused-ring (bicyclic) bond motifs is 15. The van der Waals surface area contributed by atoms with Crippen LogP contribution < -0.4 is 29.7 Å². The quantitative estimate of drug-likeness (QED) is 0.124. The Morgan fingerprint density at radius 2 is 0.717 bits per heavy atom. The van der Waals surface area contributed by atoms with Crippen molar-refractivity contribution in [2.24, 2.45) is 0 Å². The van der Waals surface area contributed by atoms with Crippen molar-refractivity contribution in [3.63, 3.8) is 0 Å². The van der Waals surface area contributed by atoms with Crippen LogP contribution in [0.5, 0.6) is 11.6 Å². The molecule has 5 aliphatic heterocycles. The molecule has 0 radical (unpaired) electrons. The highest BCUT2D eigenvalue weighted by Gasteiger charge is 2.51. The van der Waals surface area contributed by atoms with Gasteiger partial charge in [0.25, 0.3) is 8.32 Å². The molecule has 15 heterocycles. The number of pyridine rings is 5. The second-order valence-corrected chi connectivity index (χ2v) is 42.8. The Bertz CT molecular complexity index is 8050. The minimum Gasteiger partial charge on any atom is -0.528 e. The number of hydrogen-bond acceptors (Lipinski definition) is 9. The lowest BCUT2D eigenvalue weighted by molar-refractivity contribution is 0.527. The number of hydrogen-bond donors (Lipinski definition) is 0. The fraction of sp³-hybridized carbons (Fsp3) is 0.163. The van der Waals surface area contributed by atoms with Crippen molar-refractivity contribution in [1.82, 2.24) is 46.9 Å². The monoisotopic (exact) mass is 1630 g/mol. The lowest BCUT2D eigenvalue weighted by Gasteiger charge is -2.37. The zero-order valence-electron chi connectivity index (χ0n) is 69.2. The van der Waals surface area contributed by atoms with E-state index in [2.05, 4.69) is 340 Å². The Morgan fingerprint density at radius 3 is 1.27 bits per heavy atom. The van der Waals surface area contributed by atoms with E-state index in [1.54, 1.807) is 0 Å². The molecule has 0 bridgehead atoms. The first-order valence-corrected chi connectivity index (χ1v) is 48.6. The van der Waals surface area contributed by atoms with Gasteiger partial charge in [0.15, 0.2) is 0 Å². The second kappa shape index (κ2) is 27.0. The normalized spacial score (nSPS) is 14.4. The number of benzene rings is 12. The smallest absolute Gasteiger partial charge is 0.365 e. The van der Waals surface area contributed by atoms with Gasteiger partial charge in [0.1, 0.15) is 39.0 Å². The van der Waals surface area contributed by atoms with Gasteiger partial charge in [0.05, 0.1) is 67.1 Å². The molecular formula is C104H86N10O2S2Si2. The summed E-state index contributed by atoms with van der Waals surface area (Å²) in [5, 5.41) is 25.7. The van der Waals surface area contributed by atoms with E-state index in [4.69, 9.17) is 33.8 Å². The van der Waals surface area contributed by atoms with Gasteiger partial charge in [0.2, 0.25) is 5.88 Å². The fourth-order valence-electron chi connectivity index (χ4n) is 20.9. The van der Waals surface area contributed by atoms with Crippen molar-refractivity contribution in [3.05, 3.63) is 321 Å². The standard InChI is InChI=1S/C29H22N2OSi.C20H18N2.C19H18N2OSi.2C18H14N2S/c1-19-17-18-25-27-26(19)23-15-9-10-16-24(23)28-30-20(2)29(31(27)28)33(32-25,21-11-5-3-6-12-21)22-13-7-4-8-14-22;1-12-10-11-14-6-5-9-17-13(2)21-20-16-8-4-3-7-15(16)18(12)19(14)22(17)20;1-11-9-10-15-17-16(11)13-7-5-6-8-14(13)18-20-12(2)19(21(17)18)22-23(15,3)4;1-10-7-8-12-9-21-18-11(2)19-17-14-6-4-3-5-13(14)15(10)16(12)20(17)18;1-10-7-8-15-17-16(10)12-5-3-4-6-13(12)18-19-11(2)14(9-21-15)20(17)18/h3-18H,1-2H3;3-4,7-8,10-11H,5-6,9H2,1-2H3;5-10H,1-4H3;2*3-8H,9H2,1-2H3.